The van der Waals surface area contributed by atoms with Crippen molar-refractivity contribution in [1.82, 2.24) is 5.43 Å². The molecule has 1 amide bonds. The van der Waals surface area contributed by atoms with Gasteiger partial charge in [-0.05, 0) is 12.1 Å². The molecule has 6 heteroatoms. The van der Waals surface area contributed by atoms with Crippen molar-refractivity contribution in [2.24, 2.45) is 5.84 Å². The van der Waals surface area contributed by atoms with Gasteiger partial charge in [0.2, 0.25) is 5.91 Å². The highest BCUT2D eigenvalue weighted by molar-refractivity contribution is 8.00. The van der Waals surface area contributed by atoms with Gasteiger partial charge in [0.05, 0.1) is 11.4 Å². The molecule has 0 atom stereocenters. The molecule has 0 heterocycles. The zero-order valence-electron chi connectivity index (χ0n) is 7.36. The monoisotopic (exact) mass is 213 g/mol. The van der Waals surface area contributed by atoms with E-state index >= 15 is 0 Å². The molecule has 0 aliphatic heterocycles. The fourth-order valence-electron chi connectivity index (χ4n) is 0.870. The molecule has 0 spiro atoms. The van der Waals surface area contributed by atoms with Crippen LogP contribution in [0.3, 0.4) is 0 Å². The lowest BCUT2D eigenvalue weighted by atomic mass is 10.3. The van der Waals surface area contributed by atoms with E-state index in [0.717, 1.165) is 4.90 Å². The Kier molecular flexibility index (Phi) is 4.24. The Labute approximate surface area is 85.6 Å². The number of hydrogen-bond donors (Lipinski definition) is 4. The summed E-state index contributed by atoms with van der Waals surface area (Å²) < 4.78 is 0. The molecule has 0 aromatic heterocycles. The van der Waals surface area contributed by atoms with Gasteiger partial charge in [-0.15, -0.1) is 11.8 Å². The molecular weight excluding hydrogens is 202 g/mol. The van der Waals surface area contributed by atoms with Crippen molar-refractivity contribution in [3.8, 4) is 0 Å². The summed E-state index contributed by atoms with van der Waals surface area (Å²) in [7, 11) is 0. The third-order valence-electron chi connectivity index (χ3n) is 1.53. The number of nitrogens with two attached hydrogens (primary N) is 1. The summed E-state index contributed by atoms with van der Waals surface area (Å²) in [6.45, 7) is 0. The smallest absolute Gasteiger partial charge is 0.244 e. The number of thioether (sulfide) groups is 1. The zero-order chi connectivity index (χ0) is 10.4. The number of hydrazine groups is 1. The number of carbonyl (C=O) groups excluding carboxylic acids is 1. The molecule has 5 nitrogen and oxygen atoms in total. The standard InChI is InChI=1S/C8H11N3O2S/c9-10-8(12)5-14-7-4-2-1-3-6(7)11-13/h1-4,11,13H,5,9H2,(H,10,12). The minimum atomic E-state index is -0.261. The van der Waals surface area contributed by atoms with E-state index in [1.54, 1.807) is 18.2 Å². The first-order valence-electron chi connectivity index (χ1n) is 3.89. The van der Waals surface area contributed by atoms with Gasteiger partial charge in [-0.25, -0.2) is 5.84 Å². The Bertz CT molecular complexity index is 319. The highest BCUT2D eigenvalue weighted by atomic mass is 32.2. The molecule has 0 aliphatic rings. The van der Waals surface area contributed by atoms with Gasteiger partial charge < -0.3 is 0 Å². The summed E-state index contributed by atoms with van der Waals surface area (Å²) in [5.74, 6) is 4.88. The van der Waals surface area contributed by atoms with Crippen molar-refractivity contribution >= 4 is 23.4 Å². The molecule has 0 saturated heterocycles. The quantitative estimate of drug-likeness (QED) is 0.254. The molecule has 0 radical (unpaired) electrons. The summed E-state index contributed by atoms with van der Waals surface area (Å²) in [5, 5.41) is 8.75. The zero-order valence-corrected chi connectivity index (χ0v) is 8.17. The van der Waals surface area contributed by atoms with E-state index in [9.17, 15) is 4.79 Å². The van der Waals surface area contributed by atoms with Crippen LogP contribution in [0, 0.1) is 0 Å². The lowest BCUT2D eigenvalue weighted by Crippen LogP contribution is -2.31. The number of rotatable bonds is 4. The first kappa shape index (κ1) is 10.8. The molecule has 0 aliphatic carbocycles. The highest BCUT2D eigenvalue weighted by Gasteiger charge is 2.04. The van der Waals surface area contributed by atoms with Crippen molar-refractivity contribution in [2.45, 2.75) is 4.90 Å². The Morgan fingerprint density at radius 1 is 1.50 bits per heavy atom. The maximum atomic E-state index is 10.8. The highest BCUT2D eigenvalue weighted by Crippen LogP contribution is 2.25. The fourth-order valence-corrected chi connectivity index (χ4v) is 1.68. The topological polar surface area (TPSA) is 87.4 Å². The lowest BCUT2D eigenvalue weighted by Gasteiger charge is -2.06. The summed E-state index contributed by atoms with van der Waals surface area (Å²) in [6, 6.07) is 7.12. The van der Waals surface area contributed by atoms with Crippen molar-refractivity contribution in [2.75, 3.05) is 11.2 Å². The minimum Gasteiger partial charge on any atom is -0.294 e. The Morgan fingerprint density at radius 3 is 2.86 bits per heavy atom. The molecule has 1 rings (SSSR count). The van der Waals surface area contributed by atoms with Crippen LogP contribution in [-0.4, -0.2) is 16.9 Å². The SMILES string of the molecule is NNC(=O)CSc1ccccc1NO. The van der Waals surface area contributed by atoms with E-state index in [2.05, 4.69) is 5.48 Å². The number of para-hydroxylation sites is 1. The second-order valence-electron chi connectivity index (χ2n) is 2.46. The minimum absolute atomic E-state index is 0.217. The molecule has 0 saturated carbocycles. The van der Waals surface area contributed by atoms with Crippen molar-refractivity contribution in [1.29, 1.82) is 0 Å². The van der Waals surface area contributed by atoms with Crippen molar-refractivity contribution < 1.29 is 10.0 Å². The van der Waals surface area contributed by atoms with Gasteiger partial charge >= 0.3 is 0 Å². The Balaban J connectivity index is 2.61. The molecule has 0 unspecified atom stereocenters. The maximum Gasteiger partial charge on any atom is 0.244 e. The lowest BCUT2D eigenvalue weighted by molar-refractivity contribution is -0.118. The molecule has 76 valence electrons. The molecule has 14 heavy (non-hydrogen) atoms. The van der Waals surface area contributed by atoms with Crippen LogP contribution in [0.4, 0.5) is 5.69 Å². The maximum absolute atomic E-state index is 10.8. The van der Waals surface area contributed by atoms with Gasteiger partial charge in [-0.3, -0.25) is 20.9 Å². The number of amides is 1. The van der Waals surface area contributed by atoms with Crippen LogP contribution < -0.4 is 16.7 Å². The van der Waals surface area contributed by atoms with Gasteiger partial charge in [-0.2, -0.15) is 0 Å². The summed E-state index contributed by atoms with van der Waals surface area (Å²) in [6.07, 6.45) is 0. The third kappa shape index (κ3) is 2.91. The summed E-state index contributed by atoms with van der Waals surface area (Å²) in [5.41, 5.74) is 4.66. The second-order valence-corrected chi connectivity index (χ2v) is 3.48. The predicted molar refractivity (Wildman–Crippen MR) is 54.9 cm³/mol. The molecule has 0 bridgehead atoms. The van der Waals surface area contributed by atoms with Crippen molar-refractivity contribution in [3.63, 3.8) is 0 Å². The van der Waals surface area contributed by atoms with Crippen LogP contribution in [0.15, 0.2) is 29.2 Å². The van der Waals surface area contributed by atoms with Crippen LogP contribution in [-0.2, 0) is 4.79 Å². The molecule has 1 aromatic rings. The number of anilines is 1. The van der Waals surface area contributed by atoms with E-state index in [0.29, 0.717) is 5.69 Å². The molecule has 0 fully saturated rings. The predicted octanol–water partition coefficient (Wildman–Crippen LogP) is 0.570. The average Bonchev–Trinajstić information content (AvgIpc) is 2.26. The average molecular weight is 213 g/mol. The Hall–Kier alpha value is -1.24. The first-order chi connectivity index (χ1) is 6.77. The largest absolute Gasteiger partial charge is 0.294 e. The fraction of sp³-hybridized carbons (Fsp3) is 0.125. The van der Waals surface area contributed by atoms with Crippen LogP contribution in [0.25, 0.3) is 0 Å². The molecule has 5 N–H and O–H groups in total. The van der Waals surface area contributed by atoms with Gasteiger partial charge in [0.25, 0.3) is 0 Å². The summed E-state index contributed by atoms with van der Waals surface area (Å²) >= 11 is 1.29. The van der Waals surface area contributed by atoms with Gasteiger partial charge in [-0.1, -0.05) is 12.1 Å². The number of carbonyl (C=O) groups is 1. The van der Waals surface area contributed by atoms with Gasteiger partial charge in [0.1, 0.15) is 0 Å². The normalized spacial score (nSPS) is 9.57. The van der Waals surface area contributed by atoms with E-state index in [-0.39, 0.29) is 11.7 Å². The Morgan fingerprint density at radius 2 is 2.21 bits per heavy atom. The molecule has 1 aromatic carbocycles. The van der Waals surface area contributed by atoms with Crippen LogP contribution in [0.1, 0.15) is 0 Å². The van der Waals surface area contributed by atoms with E-state index < -0.39 is 0 Å². The first-order valence-corrected chi connectivity index (χ1v) is 4.88. The van der Waals surface area contributed by atoms with Gasteiger partial charge in [0.15, 0.2) is 0 Å². The van der Waals surface area contributed by atoms with E-state index in [4.69, 9.17) is 11.0 Å². The van der Waals surface area contributed by atoms with Crippen LogP contribution >= 0.6 is 11.8 Å². The summed E-state index contributed by atoms with van der Waals surface area (Å²) in [4.78, 5) is 11.6. The van der Waals surface area contributed by atoms with Gasteiger partial charge in [0, 0.05) is 4.90 Å². The van der Waals surface area contributed by atoms with Crippen molar-refractivity contribution in [3.05, 3.63) is 24.3 Å². The third-order valence-corrected chi connectivity index (χ3v) is 2.60. The van der Waals surface area contributed by atoms with E-state index in [1.165, 1.54) is 11.8 Å². The molecular formula is C8H11N3O2S. The number of benzene rings is 1. The number of nitrogens with one attached hydrogen (secondary N) is 2. The second kappa shape index (κ2) is 5.48. The number of hydrogen-bond acceptors (Lipinski definition) is 5. The van der Waals surface area contributed by atoms with Crippen LogP contribution in [0.5, 0.6) is 0 Å². The van der Waals surface area contributed by atoms with E-state index in [1.807, 2.05) is 11.5 Å². The van der Waals surface area contributed by atoms with Crippen LogP contribution in [0.2, 0.25) is 0 Å².